The maximum atomic E-state index is 12.7. The second-order valence-electron chi connectivity index (χ2n) is 5.52. The van der Waals surface area contributed by atoms with Gasteiger partial charge in [-0.2, -0.15) is 5.10 Å². The minimum absolute atomic E-state index is 0.0473. The Labute approximate surface area is 124 Å². The van der Waals surface area contributed by atoms with Crippen molar-refractivity contribution in [3.8, 4) is 0 Å². The standard InChI is InChI=1S/C15H21N5O/c1-2-19(11-12-4-3-5-16-8-12)15(21)13-9-18-20-7-6-17-10-14(13)20/h6-7,9-10,12,16H,2-5,8,11H2,1H3. The van der Waals surface area contributed by atoms with Crippen LogP contribution in [0.15, 0.2) is 24.8 Å². The molecule has 0 spiro atoms. The summed E-state index contributed by atoms with van der Waals surface area (Å²) in [6.45, 7) is 5.64. The number of carbonyl (C=O) groups excluding carboxylic acids is 1. The zero-order chi connectivity index (χ0) is 14.7. The molecule has 0 radical (unpaired) electrons. The first kappa shape index (κ1) is 14.0. The number of aromatic nitrogens is 3. The Balaban J connectivity index is 1.78. The van der Waals surface area contributed by atoms with E-state index in [1.807, 2.05) is 11.8 Å². The van der Waals surface area contributed by atoms with Gasteiger partial charge in [0.05, 0.1) is 23.5 Å². The van der Waals surface area contributed by atoms with Crippen molar-refractivity contribution in [3.05, 3.63) is 30.4 Å². The van der Waals surface area contributed by atoms with E-state index in [4.69, 9.17) is 0 Å². The molecule has 112 valence electrons. The van der Waals surface area contributed by atoms with Crippen molar-refractivity contribution >= 4 is 11.4 Å². The second-order valence-corrected chi connectivity index (χ2v) is 5.52. The largest absolute Gasteiger partial charge is 0.338 e. The lowest BCUT2D eigenvalue weighted by Crippen LogP contribution is -2.41. The minimum Gasteiger partial charge on any atom is -0.338 e. The molecule has 1 aliphatic rings. The van der Waals surface area contributed by atoms with Crippen LogP contribution in [0.4, 0.5) is 0 Å². The number of hydrogen-bond acceptors (Lipinski definition) is 4. The first-order valence-electron chi connectivity index (χ1n) is 7.57. The average molecular weight is 287 g/mol. The summed E-state index contributed by atoms with van der Waals surface area (Å²) in [5.74, 6) is 0.591. The van der Waals surface area contributed by atoms with E-state index in [2.05, 4.69) is 15.4 Å². The highest BCUT2D eigenvalue weighted by molar-refractivity contribution is 6.00. The predicted octanol–water partition coefficient (Wildman–Crippen LogP) is 1.19. The van der Waals surface area contributed by atoms with Gasteiger partial charge in [-0.25, -0.2) is 4.52 Å². The summed E-state index contributed by atoms with van der Waals surface area (Å²) in [6, 6.07) is 0. The maximum Gasteiger partial charge on any atom is 0.257 e. The topological polar surface area (TPSA) is 62.5 Å². The molecule has 1 saturated heterocycles. The van der Waals surface area contributed by atoms with Gasteiger partial charge in [0.15, 0.2) is 0 Å². The molecule has 1 N–H and O–H groups in total. The molecule has 0 aromatic carbocycles. The third-order valence-electron chi connectivity index (χ3n) is 4.10. The Kier molecular flexibility index (Phi) is 4.15. The van der Waals surface area contributed by atoms with E-state index < -0.39 is 0 Å². The summed E-state index contributed by atoms with van der Waals surface area (Å²) in [4.78, 5) is 18.8. The van der Waals surface area contributed by atoms with E-state index >= 15 is 0 Å². The van der Waals surface area contributed by atoms with Crippen molar-refractivity contribution in [1.29, 1.82) is 0 Å². The van der Waals surface area contributed by atoms with Crippen LogP contribution in [0.3, 0.4) is 0 Å². The van der Waals surface area contributed by atoms with Gasteiger partial charge in [-0.1, -0.05) is 0 Å². The number of fused-ring (bicyclic) bond motifs is 1. The summed E-state index contributed by atoms with van der Waals surface area (Å²) in [5, 5.41) is 7.62. The number of rotatable bonds is 4. The van der Waals surface area contributed by atoms with Gasteiger partial charge in [0.25, 0.3) is 5.91 Å². The molecule has 1 aliphatic heterocycles. The molecule has 0 bridgehead atoms. The highest BCUT2D eigenvalue weighted by Crippen LogP contribution is 2.16. The van der Waals surface area contributed by atoms with Crippen LogP contribution in [0.2, 0.25) is 0 Å². The number of hydrogen-bond donors (Lipinski definition) is 1. The molecule has 0 saturated carbocycles. The smallest absolute Gasteiger partial charge is 0.257 e. The molecule has 6 nitrogen and oxygen atoms in total. The third kappa shape index (κ3) is 2.90. The summed E-state index contributed by atoms with van der Waals surface area (Å²) >= 11 is 0. The zero-order valence-corrected chi connectivity index (χ0v) is 12.3. The first-order valence-corrected chi connectivity index (χ1v) is 7.57. The van der Waals surface area contributed by atoms with Crippen molar-refractivity contribution < 1.29 is 4.79 Å². The van der Waals surface area contributed by atoms with Gasteiger partial charge >= 0.3 is 0 Å². The molecular formula is C15H21N5O. The molecule has 1 atom stereocenters. The van der Waals surface area contributed by atoms with Crippen LogP contribution in [0.1, 0.15) is 30.1 Å². The van der Waals surface area contributed by atoms with Crippen molar-refractivity contribution in [2.75, 3.05) is 26.2 Å². The lowest BCUT2D eigenvalue weighted by Gasteiger charge is -2.29. The Morgan fingerprint density at radius 2 is 2.43 bits per heavy atom. The normalized spacial score (nSPS) is 18.8. The number of amides is 1. The minimum atomic E-state index is 0.0473. The summed E-state index contributed by atoms with van der Waals surface area (Å²) in [5.41, 5.74) is 1.40. The van der Waals surface area contributed by atoms with E-state index in [9.17, 15) is 4.79 Å². The van der Waals surface area contributed by atoms with Crippen molar-refractivity contribution in [2.45, 2.75) is 19.8 Å². The molecule has 0 aliphatic carbocycles. The van der Waals surface area contributed by atoms with E-state index in [0.29, 0.717) is 18.0 Å². The Morgan fingerprint density at radius 1 is 1.52 bits per heavy atom. The van der Waals surface area contributed by atoms with Crippen LogP contribution in [-0.4, -0.2) is 51.6 Å². The number of carbonyl (C=O) groups is 1. The van der Waals surface area contributed by atoms with E-state index in [1.165, 1.54) is 12.8 Å². The third-order valence-corrected chi connectivity index (χ3v) is 4.10. The van der Waals surface area contributed by atoms with Crippen LogP contribution >= 0.6 is 0 Å². The van der Waals surface area contributed by atoms with Gasteiger partial charge < -0.3 is 10.2 Å². The van der Waals surface area contributed by atoms with Crippen molar-refractivity contribution in [1.82, 2.24) is 24.8 Å². The first-order chi connectivity index (χ1) is 10.3. The summed E-state index contributed by atoms with van der Waals surface area (Å²) < 4.78 is 1.69. The average Bonchev–Trinajstić information content (AvgIpc) is 2.97. The Hall–Kier alpha value is -1.95. The quantitative estimate of drug-likeness (QED) is 0.917. The molecule has 1 amide bonds. The molecule has 3 rings (SSSR count). The summed E-state index contributed by atoms with van der Waals surface area (Å²) in [7, 11) is 0. The van der Waals surface area contributed by atoms with Crippen LogP contribution in [0.5, 0.6) is 0 Å². The molecule has 2 aromatic rings. The second kappa shape index (κ2) is 6.22. The van der Waals surface area contributed by atoms with Gasteiger partial charge in [-0.15, -0.1) is 0 Å². The van der Waals surface area contributed by atoms with Gasteiger partial charge in [0.2, 0.25) is 0 Å². The van der Waals surface area contributed by atoms with E-state index in [1.54, 1.807) is 29.3 Å². The fourth-order valence-corrected chi connectivity index (χ4v) is 2.92. The van der Waals surface area contributed by atoms with Crippen molar-refractivity contribution in [3.63, 3.8) is 0 Å². The monoisotopic (exact) mass is 287 g/mol. The molecule has 6 heteroatoms. The lowest BCUT2D eigenvalue weighted by atomic mass is 9.99. The van der Waals surface area contributed by atoms with E-state index in [-0.39, 0.29) is 5.91 Å². The summed E-state index contributed by atoms with van der Waals surface area (Å²) in [6.07, 6.45) is 9.13. The number of nitrogens with one attached hydrogen (secondary N) is 1. The highest BCUT2D eigenvalue weighted by atomic mass is 16.2. The van der Waals surface area contributed by atoms with Crippen molar-refractivity contribution in [2.24, 2.45) is 5.92 Å². The molecule has 1 fully saturated rings. The lowest BCUT2D eigenvalue weighted by molar-refractivity contribution is 0.0731. The van der Waals surface area contributed by atoms with E-state index in [0.717, 1.165) is 25.2 Å². The highest BCUT2D eigenvalue weighted by Gasteiger charge is 2.22. The number of nitrogens with zero attached hydrogens (tertiary/aromatic N) is 4. The van der Waals surface area contributed by atoms with Gasteiger partial charge in [-0.3, -0.25) is 9.78 Å². The Morgan fingerprint density at radius 3 is 3.19 bits per heavy atom. The Bertz CT molecular complexity index is 617. The van der Waals surface area contributed by atoms with Gasteiger partial charge in [-0.05, 0) is 38.8 Å². The fourth-order valence-electron chi connectivity index (χ4n) is 2.92. The van der Waals surface area contributed by atoms with Crippen LogP contribution in [0, 0.1) is 5.92 Å². The maximum absolute atomic E-state index is 12.7. The van der Waals surface area contributed by atoms with Crippen LogP contribution < -0.4 is 5.32 Å². The van der Waals surface area contributed by atoms with Crippen LogP contribution in [0.25, 0.3) is 5.52 Å². The number of piperidine rings is 1. The SMILES string of the molecule is CCN(CC1CCCNC1)C(=O)c1cnn2ccncc12. The molecule has 2 aromatic heterocycles. The molecule has 1 unspecified atom stereocenters. The van der Waals surface area contributed by atoms with Crippen LogP contribution in [-0.2, 0) is 0 Å². The molecule has 3 heterocycles. The molecule has 21 heavy (non-hydrogen) atoms. The zero-order valence-electron chi connectivity index (χ0n) is 12.3. The van der Waals surface area contributed by atoms with Gasteiger partial charge in [0, 0.05) is 25.5 Å². The fraction of sp³-hybridized carbons (Fsp3) is 0.533. The molecular weight excluding hydrogens is 266 g/mol. The van der Waals surface area contributed by atoms with Gasteiger partial charge in [0.1, 0.15) is 0 Å². The predicted molar refractivity (Wildman–Crippen MR) is 80.2 cm³/mol.